The van der Waals surface area contributed by atoms with Crippen molar-refractivity contribution in [1.29, 1.82) is 0 Å². The first-order valence-corrected chi connectivity index (χ1v) is 6.12. The van der Waals surface area contributed by atoms with Gasteiger partial charge in [0.15, 0.2) is 5.82 Å². The molecule has 5 nitrogen and oxygen atoms in total. The highest BCUT2D eigenvalue weighted by atomic mass is 16.5. The molecule has 2 aromatic rings. The highest BCUT2D eigenvalue weighted by molar-refractivity contribution is 5.89. The third kappa shape index (κ3) is 3.84. The number of amides is 1. The molecule has 5 heteroatoms. The average molecular weight is 259 g/mol. The van der Waals surface area contributed by atoms with Crippen molar-refractivity contribution in [2.24, 2.45) is 0 Å². The van der Waals surface area contributed by atoms with Gasteiger partial charge in [0.25, 0.3) is 0 Å². The van der Waals surface area contributed by atoms with Gasteiger partial charge in [0, 0.05) is 18.2 Å². The SMILES string of the molecule is COc1ccc(CCC(=O)Nc2cc(C)[nH]n2)cc1. The Morgan fingerprint density at radius 3 is 2.68 bits per heavy atom. The summed E-state index contributed by atoms with van der Waals surface area (Å²) in [6.07, 6.45) is 1.12. The van der Waals surface area contributed by atoms with E-state index in [2.05, 4.69) is 15.5 Å². The summed E-state index contributed by atoms with van der Waals surface area (Å²) >= 11 is 0. The molecule has 0 bridgehead atoms. The Morgan fingerprint density at radius 1 is 1.37 bits per heavy atom. The Balaban J connectivity index is 1.82. The number of hydrogen-bond acceptors (Lipinski definition) is 3. The molecule has 0 fully saturated rings. The third-order valence-corrected chi connectivity index (χ3v) is 2.77. The number of anilines is 1. The van der Waals surface area contributed by atoms with Crippen LogP contribution in [0.2, 0.25) is 0 Å². The number of aryl methyl sites for hydroxylation is 2. The zero-order valence-corrected chi connectivity index (χ0v) is 11.1. The fourth-order valence-corrected chi connectivity index (χ4v) is 1.74. The summed E-state index contributed by atoms with van der Waals surface area (Å²) in [6.45, 7) is 1.89. The van der Waals surface area contributed by atoms with Crippen LogP contribution in [0.4, 0.5) is 5.82 Å². The third-order valence-electron chi connectivity index (χ3n) is 2.77. The van der Waals surface area contributed by atoms with Crippen LogP contribution in [0, 0.1) is 6.92 Å². The number of benzene rings is 1. The highest BCUT2D eigenvalue weighted by Gasteiger charge is 2.05. The van der Waals surface area contributed by atoms with E-state index >= 15 is 0 Å². The number of rotatable bonds is 5. The number of aromatic amines is 1. The second-order valence-electron chi connectivity index (χ2n) is 4.33. The van der Waals surface area contributed by atoms with Crippen molar-refractivity contribution in [2.45, 2.75) is 19.8 Å². The minimum absolute atomic E-state index is 0.0395. The monoisotopic (exact) mass is 259 g/mol. The Labute approximate surface area is 112 Å². The molecule has 0 aliphatic rings. The first-order chi connectivity index (χ1) is 9.17. The molecule has 0 radical (unpaired) electrons. The largest absolute Gasteiger partial charge is 0.497 e. The van der Waals surface area contributed by atoms with Gasteiger partial charge < -0.3 is 10.1 Å². The molecule has 0 unspecified atom stereocenters. The highest BCUT2D eigenvalue weighted by Crippen LogP contribution is 2.13. The molecule has 0 saturated heterocycles. The van der Waals surface area contributed by atoms with Crippen LogP contribution in [0.5, 0.6) is 5.75 Å². The topological polar surface area (TPSA) is 67.0 Å². The van der Waals surface area contributed by atoms with Gasteiger partial charge in [-0.15, -0.1) is 0 Å². The van der Waals surface area contributed by atoms with E-state index in [-0.39, 0.29) is 5.91 Å². The van der Waals surface area contributed by atoms with Gasteiger partial charge in [-0.2, -0.15) is 5.10 Å². The van der Waals surface area contributed by atoms with Gasteiger partial charge in [0.05, 0.1) is 7.11 Å². The zero-order valence-electron chi connectivity index (χ0n) is 11.1. The molecule has 0 saturated carbocycles. The number of methoxy groups -OCH3 is 1. The average Bonchev–Trinajstić information content (AvgIpc) is 2.82. The number of nitrogens with zero attached hydrogens (tertiary/aromatic N) is 1. The fourth-order valence-electron chi connectivity index (χ4n) is 1.74. The summed E-state index contributed by atoms with van der Waals surface area (Å²) in [5.41, 5.74) is 2.03. The second-order valence-corrected chi connectivity index (χ2v) is 4.33. The van der Waals surface area contributed by atoms with Crippen LogP contribution in [0.15, 0.2) is 30.3 Å². The lowest BCUT2D eigenvalue weighted by Crippen LogP contribution is -2.12. The van der Waals surface area contributed by atoms with Gasteiger partial charge >= 0.3 is 0 Å². The molecule has 19 heavy (non-hydrogen) atoms. The summed E-state index contributed by atoms with van der Waals surface area (Å²) in [5, 5.41) is 9.49. The second kappa shape index (κ2) is 6.04. The number of carbonyl (C=O) groups excluding carboxylic acids is 1. The van der Waals surface area contributed by atoms with E-state index in [0.717, 1.165) is 17.0 Å². The van der Waals surface area contributed by atoms with Gasteiger partial charge in [-0.3, -0.25) is 9.89 Å². The molecule has 0 spiro atoms. The first-order valence-electron chi connectivity index (χ1n) is 6.12. The van der Waals surface area contributed by atoms with Crippen LogP contribution in [-0.2, 0) is 11.2 Å². The van der Waals surface area contributed by atoms with Gasteiger partial charge in [-0.1, -0.05) is 12.1 Å². The summed E-state index contributed by atoms with van der Waals surface area (Å²) < 4.78 is 5.09. The van der Waals surface area contributed by atoms with Crippen molar-refractivity contribution >= 4 is 11.7 Å². The van der Waals surface area contributed by atoms with Crippen molar-refractivity contribution in [2.75, 3.05) is 12.4 Å². The molecule has 2 N–H and O–H groups in total. The number of carbonyl (C=O) groups is 1. The molecular formula is C14H17N3O2. The number of hydrogen-bond donors (Lipinski definition) is 2. The molecule has 100 valence electrons. The lowest BCUT2D eigenvalue weighted by molar-refractivity contribution is -0.116. The Kier molecular flexibility index (Phi) is 4.18. The van der Waals surface area contributed by atoms with Gasteiger partial charge in [-0.25, -0.2) is 0 Å². The standard InChI is InChI=1S/C14H17N3O2/c1-10-9-13(17-16-10)15-14(18)8-5-11-3-6-12(19-2)7-4-11/h3-4,6-7,9H,5,8H2,1-2H3,(H2,15,16,17,18). The quantitative estimate of drug-likeness (QED) is 0.865. The molecule has 1 aromatic heterocycles. The fraction of sp³-hybridized carbons (Fsp3) is 0.286. The maximum absolute atomic E-state index is 11.7. The van der Waals surface area contributed by atoms with Crippen LogP contribution < -0.4 is 10.1 Å². The molecule has 0 aliphatic carbocycles. The van der Waals surface area contributed by atoms with Crippen LogP contribution in [0.1, 0.15) is 17.7 Å². The smallest absolute Gasteiger partial charge is 0.225 e. The lowest BCUT2D eigenvalue weighted by Gasteiger charge is -2.04. The number of H-pyrrole nitrogens is 1. The first kappa shape index (κ1) is 13.1. The lowest BCUT2D eigenvalue weighted by atomic mass is 10.1. The van der Waals surface area contributed by atoms with E-state index in [1.54, 1.807) is 13.2 Å². The van der Waals surface area contributed by atoms with Gasteiger partial charge in [0.2, 0.25) is 5.91 Å². The van der Waals surface area contributed by atoms with Gasteiger partial charge in [-0.05, 0) is 31.0 Å². The minimum Gasteiger partial charge on any atom is -0.497 e. The van der Waals surface area contributed by atoms with E-state index in [0.29, 0.717) is 18.7 Å². The molecule has 1 aromatic carbocycles. The minimum atomic E-state index is -0.0395. The molecule has 1 amide bonds. The van der Waals surface area contributed by atoms with E-state index in [1.807, 2.05) is 31.2 Å². The predicted octanol–water partition coefficient (Wildman–Crippen LogP) is 2.30. The van der Waals surface area contributed by atoms with E-state index in [1.165, 1.54) is 0 Å². The number of aromatic nitrogens is 2. The summed E-state index contributed by atoms with van der Waals surface area (Å²) in [6, 6.07) is 9.51. The van der Waals surface area contributed by atoms with E-state index in [9.17, 15) is 4.79 Å². The normalized spacial score (nSPS) is 10.2. The number of ether oxygens (including phenoxy) is 1. The Hall–Kier alpha value is -2.30. The van der Waals surface area contributed by atoms with Crippen molar-refractivity contribution in [3.8, 4) is 5.75 Å². The summed E-state index contributed by atoms with van der Waals surface area (Å²) in [5.74, 6) is 1.35. The Bertz CT molecular complexity index is 546. The summed E-state index contributed by atoms with van der Waals surface area (Å²) in [4.78, 5) is 11.7. The molecular weight excluding hydrogens is 242 g/mol. The molecule has 0 atom stereocenters. The van der Waals surface area contributed by atoms with Crippen LogP contribution in [-0.4, -0.2) is 23.2 Å². The van der Waals surface area contributed by atoms with Gasteiger partial charge in [0.1, 0.15) is 5.75 Å². The zero-order chi connectivity index (χ0) is 13.7. The predicted molar refractivity (Wildman–Crippen MR) is 73.3 cm³/mol. The Morgan fingerprint density at radius 2 is 2.11 bits per heavy atom. The van der Waals surface area contributed by atoms with Crippen molar-refractivity contribution in [3.05, 3.63) is 41.6 Å². The maximum Gasteiger partial charge on any atom is 0.225 e. The molecule has 1 heterocycles. The van der Waals surface area contributed by atoms with E-state index < -0.39 is 0 Å². The molecule has 2 rings (SSSR count). The maximum atomic E-state index is 11.7. The van der Waals surface area contributed by atoms with Crippen LogP contribution >= 0.6 is 0 Å². The van der Waals surface area contributed by atoms with Crippen molar-refractivity contribution < 1.29 is 9.53 Å². The van der Waals surface area contributed by atoms with E-state index in [4.69, 9.17) is 4.74 Å². The molecule has 0 aliphatic heterocycles. The van der Waals surface area contributed by atoms with Crippen LogP contribution in [0.25, 0.3) is 0 Å². The van der Waals surface area contributed by atoms with Crippen LogP contribution in [0.3, 0.4) is 0 Å². The number of nitrogens with one attached hydrogen (secondary N) is 2. The summed E-state index contributed by atoms with van der Waals surface area (Å²) in [7, 11) is 1.63. The van der Waals surface area contributed by atoms with Crippen molar-refractivity contribution in [3.63, 3.8) is 0 Å². The van der Waals surface area contributed by atoms with Crippen molar-refractivity contribution in [1.82, 2.24) is 10.2 Å².